The normalized spacial score (nSPS) is 11.0. The molecule has 2 aromatic carbocycles. The number of nitrogens with zero attached hydrogens (tertiary/aromatic N) is 3. The first-order valence-corrected chi connectivity index (χ1v) is 8.10. The third-order valence-electron chi connectivity index (χ3n) is 3.62. The van der Waals surface area contributed by atoms with Crippen LogP contribution >= 0.6 is 11.3 Å². The summed E-state index contributed by atoms with van der Waals surface area (Å²) in [4.78, 5) is 17.0. The molecule has 0 spiro atoms. The van der Waals surface area contributed by atoms with Crippen LogP contribution in [0.2, 0.25) is 0 Å². The molecule has 4 aromatic rings. The van der Waals surface area contributed by atoms with E-state index in [1.54, 1.807) is 22.2 Å². The zero-order chi connectivity index (χ0) is 15.6. The molecule has 4 rings (SSSR count). The van der Waals surface area contributed by atoms with Gasteiger partial charge in [0.1, 0.15) is 0 Å². The van der Waals surface area contributed by atoms with E-state index in [0.717, 1.165) is 21.0 Å². The summed E-state index contributed by atoms with van der Waals surface area (Å²) >= 11 is 1.57. The zero-order valence-electron chi connectivity index (χ0n) is 12.2. The first kappa shape index (κ1) is 13.8. The molecule has 0 amide bonds. The Bertz CT molecular complexity index is 939. The maximum absolute atomic E-state index is 12.4. The van der Waals surface area contributed by atoms with E-state index in [1.165, 1.54) is 0 Å². The number of hydrogen-bond acceptors (Lipinski definition) is 4. The van der Waals surface area contributed by atoms with Gasteiger partial charge in [-0.3, -0.25) is 4.79 Å². The zero-order valence-corrected chi connectivity index (χ0v) is 13.0. The molecule has 0 aliphatic rings. The summed E-state index contributed by atoms with van der Waals surface area (Å²) in [5, 5.41) is 5.13. The van der Waals surface area contributed by atoms with E-state index in [0.29, 0.717) is 12.0 Å². The number of hydrogen-bond donors (Lipinski definition) is 0. The van der Waals surface area contributed by atoms with Crippen molar-refractivity contribution in [3.63, 3.8) is 0 Å². The average Bonchev–Trinajstić information content (AvgIpc) is 3.21. The van der Waals surface area contributed by atoms with Gasteiger partial charge in [-0.2, -0.15) is 5.10 Å². The molecule has 5 heteroatoms. The maximum atomic E-state index is 12.4. The van der Waals surface area contributed by atoms with Crippen LogP contribution in [0.5, 0.6) is 0 Å². The fourth-order valence-corrected chi connectivity index (χ4v) is 3.43. The quantitative estimate of drug-likeness (QED) is 0.536. The van der Waals surface area contributed by atoms with Crippen molar-refractivity contribution >= 4 is 27.3 Å². The molecule has 0 N–H and O–H groups in total. The molecule has 0 atom stereocenters. The minimum Gasteiger partial charge on any atom is -0.294 e. The Morgan fingerprint density at radius 2 is 1.78 bits per heavy atom. The first-order chi connectivity index (χ1) is 11.3. The number of benzene rings is 2. The Morgan fingerprint density at radius 3 is 2.61 bits per heavy atom. The molecule has 0 aliphatic carbocycles. The molecule has 0 saturated carbocycles. The molecule has 23 heavy (non-hydrogen) atoms. The Kier molecular flexibility index (Phi) is 3.48. The van der Waals surface area contributed by atoms with Gasteiger partial charge in [0.25, 0.3) is 0 Å². The van der Waals surface area contributed by atoms with Crippen molar-refractivity contribution in [1.82, 2.24) is 14.8 Å². The molecular formula is C18H13N3OS. The van der Waals surface area contributed by atoms with Crippen molar-refractivity contribution < 1.29 is 4.79 Å². The maximum Gasteiger partial charge on any atom is 0.211 e. The summed E-state index contributed by atoms with van der Waals surface area (Å²) in [6, 6.07) is 19.2. The molecule has 0 unspecified atom stereocenters. The van der Waals surface area contributed by atoms with Crippen molar-refractivity contribution in [2.45, 2.75) is 6.42 Å². The number of carbonyl (C=O) groups excluding carboxylic acids is 1. The number of rotatable bonds is 4. The van der Waals surface area contributed by atoms with Gasteiger partial charge in [0.2, 0.25) is 5.13 Å². The van der Waals surface area contributed by atoms with E-state index in [4.69, 9.17) is 0 Å². The lowest BCUT2D eigenvalue weighted by Crippen LogP contribution is -2.09. The third kappa shape index (κ3) is 2.66. The second kappa shape index (κ2) is 5.78. The summed E-state index contributed by atoms with van der Waals surface area (Å²) < 4.78 is 2.87. The largest absolute Gasteiger partial charge is 0.294 e. The van der Waals surface area contributed by atoms with Gasteiger partial charge in [-0.1, -0.05) is 53.8 Å². The van der Waals surface area contributed by atoms with Crippen molar-refractivity contribution in [3.05, 3.63) is 78.1 Å². The molecule has 2 heterocycles. The second-order valence-electron chi connectivity index (χ2n) is 5.16. The Morgan fingerprint density at radius 1 is 1.00 bits per heavy atom. The van der Waals surface area contributed by atoms with Crippen molar-refractivity contribution in [1.29, 1.82) is 0 Å². The number of para-hydroxylation sites is 1. The van der Waals surface area contributed by atoms with Crippen LogP contribution in [0.1, 0.15) is 16.1 Å². The van der Waals surface area contributed by atoms with Gasteiger partial charge in [-0.25, -0.2) is 9.67 Å². The number of Topliss-reactive ketones (excluding diaryl/α,β-unsaturated/α-hetero) is 1. The van der Waals surface area contributed by atoms with Crippen LogP contribution in [0, 0.1) is 0 Å². The molecule has 0 bridgehead atoms. The van der Waals surface area contributed by atoms with Gasteiger partial charge in [-0.15, -0.1) is 0 Å². The third-order valence-corrected chi connectivity index (χ3v) is 4.63. The molecule has 112 valence electrons. The number of carbonyl (C=O) groups is 1. The van der Waals surface area contributed by atoms with E-state index in [9.17, 15) is 4.79 Å². The highest BCUT2D eigenvalue weighted by Gasteiger charge is 2.14. The van der Waals surface area contributed by atoms with Gasteiger partial charge in [0, 0.05) is 11.8 Å². The molecule has 0 radical (unpaired) electrons. The van der Waals surface area contributed by atoms with Crippen molar-refractivity contribution in [2.75, 3.05) is 0 Å². The summed E-state index contributed by atoms with van der Waals surface area (Å²) in [5.41, 5.74) is 2.51. The number of fused-ring (bicyclic) bond motifs is 1. The van der Waals surface area contributed by atoms with E-state index >= 15 is 0 Å². The molecule has 0 saturated heterocycles. The summed E-state index contributed by atoms with van der Waals surface area (Å²) in [7, 11) is 0. The smallest absolute Gasteiger partial charge is 0.211 e. The van der Waals surface area contributed by atoms with Crippen LogP contribution < -0.4 is 0 Å². The summed E-state index contributed by atoms with van der Waals surface area (Å²) in [6.45, 7) is 0. The van der Waals surface area contributed by atoms with Crippen LogP contribution in [0.25, 0.3) is 15.3 Å². The van der Waals surface area contributed by atoms with Gasteiger partial charge in [0.15, 0.2) is 5.78 Å². The molecule has 0 fully saturated rings. The van der Waals surface area contributed by atoms with Gasteiger partial charge < -0.3 is 0 Å². The predicted octanol–water partition coefficient (Wildman–Crippen LogP) is 3.91. The lowest BCUT2D eigenvalue weighted by Gasteiger charge is -2.03. The van der Waals surface area contributed by atoms with E-state index in [-0.39, 0.29) is 5.78 Å². The Balaban J connectivity index is 1.67. The van der Waals surface area contributed by atoms with Crippen LogP contribution in [0.3, 0.4) is 0 Å². The highest BCUT2D eigenvalue weighted by Crippen LogP contribution is 2.25. The van der Waals surface area contributed by atoms with E-state index in [1.807, 2.05) is 60.7 Å². The van der Waals surface area contributed by atoms with Crippen LogP contribution in [-0.4, -0.2) is 20.5 Å². The molecule has 4 nitrogen and oxygen atoms in total. The highest BCUT2D eigenvalue weighted by atomic mass is 32.1. The minimum atomic E-state index is 0.0773. The number of aromatic nitrogens is 3. The second-order valence-corrected chi connectivity index (χ2v) is 6.17. The fourth-order valence-electron chi connectivity index (χ4n) is 2.48. The lowest BCUT2D eigenvalue weighted by atomic mass is 10.1. The molecule has 0 aliphatic heterocycles. The SMILES string of the molecule is O=C(Cc1ccnn1-c1nc2ccccc2s1)c1ccccc1. The number of thiazole rings is 1. The Labute approximate surface area is 137 Å². The average molecular weight is 319 g/mol. The first-order valence-electron chi connectivity index (χ1n) is 7.28. The summed E-state index contributed by atoms with van der Waals surface area (Å²) in [6.07, 6.45) is 2.01. The minimum absolute atomic E-state index is 0.0773. The van der Waals surface area contributed by atoms with Crippen LogP contribution in [-0.2, 0) is 6.42 Å². The van der Waals surface area contributed by atoms with Gasteiger partial charge >= 0.3 is 0 Å². The van der Waals surface area contributed by atoms with E-state index < -0.39 is 0 Å². The molecule has 2 aromatic heterocycles. The monoisotopic (exact) mass is 319 g/mol. The Hall–Kier alpha value is -2.79. The molecular weight excluding hydrogens is 306 g/mol. The topological polar surface area (TPSA) is 47.8 Å². The standard InChI is InChI=1S/C18H13N3OS/c22-16(13-6-2-1-3-7-13)12-14-10-11-19-21(14)18-20-15-8-4-5-9-17(15)23-18/h1-11H,12H2. The number of ketones is 1. The van der Waals surface area contributed by atoms with Crippen LogP contribution in [0.15, 0.2) is 66.9 Å². The van der Waals surface area contributed by atoms with Crippen molar-refractivity contribution in [2.24, 2.45) is 0 Å². The predicted molar refractivity (Wildman–Crippen MR) is 91.2 cm³/mol. The van der Waals surface area contributed by atoms with Gasteiger partial charge in [0.05, 0.1) is 22.3 Å². The van der Waals surface area contributed by atoms with Gasteiger partial charge in [-0.05, 0) is 18.2 Å². The van der Waals surface area contributed by atoms with Crippen LogP contribution in [0.4, 0.5) is 0 Å². The van der Waals surface area contributed by atoms with Crippen molar-refractivity contribution in [3.8, 4) is 5.13 Å². The fraction of sp³-hybridized carbons (Fsp3) is 0.0556. The lowest BCUT2D eigenvalue weighted by molar-refractivity contribution is 0.0991. The summed E-state index contributed by atoms with van der Waals surface area (Å²) in [5.74, 6) is 0.0773. The van der Waals surface area contributed by atoms with E-state index in [2.05, 4.69) is 10.1 Å². The highest BCUT2D eigenvalue weighted by molar-refractivity contribution is 7.20.